The molecule has 3 N–H and O–H groups in total. The van der Waals surface area contributed by atoms with E-state index in [2.05, 4.69) is 20.8 Å². The van der Waals surface area contributed by atoms with Crippen molar-refractivity contribution in [2.24, 2.45) is 0 Å². The van der Waals surface area contributed by atoms with Gasteiger partial charge in [-0.25, -0.2) is 4.79 Å². The lowest BCUT2D eigenvalue weighted by molar-refractivity contribution is -0.301. The van der Waals surface area contributed by atoms with Crippen LogP contribution in [0.3, 0.4) is 0 Å². The SMILES string of the molecule is CCCCCCCCCCCCCCCCCCCC(=O)OCC(COC1OC(C(=O)O)C(O)C(O)C1OC(=O)CCCCCCCCCCCCC)OC(=O)CCCCCCCCCCCCCCCCCCC. The second-order valence-electron chi connectivity index (χ2n) is 22.4. The second-order valence-corrected chi connectivity index (χ2v) is 22.4. The van der Waals surface area contributed by atoms with Gasteiger partial charge in [-0.15, -0.1) is 0 Å². The van der Waals surface area contributed by atoms with Crippen LogP contribution < -0.4 is 0 Å². The number of aliphatic hydroxyl groups is 2. The first kappa shape index (κ1) is 70.7. The van der Waals surface area contributed by atoms with Gasteiger partial charge in [-0.2, -0.15) is 0 Å². The topological polar surface area (TPSA) is 175 Å². The van der Waals surface area contributed by atoms with Crippen molar-refractivity contribution in [2.45, 2.75) is 366 Å². The number of hydrogen-bond donors (Lipinski definition) is 3. The van der Waals surface area contributed by atoms with Gasteiger partial charge < -0.3 is 39.0 Å². The van der Waals surface area contributed by atoms with Gasteiger partial charge in [-0.05, 0) is 19.3 Å². The smallest absolute Gasteiger partial charge is 0.335 e. The third-order valence-electron chi connectivity index (χ3n) is 15.2. The van der Waals surface area contributed by atoms with E-state index in [1.54, 1.807) is 0 Å². The van der Waals surface area contributed by atoms with Gasteiger partial charge in [0.25, 0.3) is 0 Å². The quantitative estimate of drug-likeness (QED) is 0.0299. The van der Waals surface area contributed by atoms with Gasteiger partial charge in [0.2, 0.25) is 0 Å². The predicted octanol–water partition coefficient (Wildman–Crippen LogP) is 16.7. The third kappa shape index (κ3) is 42.4. The Bertz CT molecular complexity index is 1310. The third-order valence-corrected chi connectivity index (χ3v) is 15.2. The number of aliphatic carboxylic acids is 1. The zero-order valence-corrected chi connectivity index (χ0v) is 48.8. The lowest BCUT2D eigenvalue weighted by Crippen LogP contribution is -2.61. The Kier molecular flexibility index (Phi) is 49.4. The van der Waals surface area contributed by atoms with Crippen molar-refractivity contribution in [3.05, 3.63) is 0 Å². The molecule has 75 heavy (non-hydrogen) atoms. The lowest BCUT2D eigenvalue weighted by Gasteiger charge is -2.40. The fraction of sp³-hybridized carbons (Fsp3) is 0.937. The monoisotopic (exact) mass is 1070 g/mol. The van der Waals surface area contributed by atoms with Crippen molar-refractivity contribution in [3.63, 3.8) is 0 Å². The molecule has 0 aliphatic carbocycles. The van der Waals surface area contributed by atoms with Crippen molar-refractivity contribution in [1.29, 1.82) is 0 Å². The Labute approximate surface area is 459 Å². The number of aliphatic hydroxyl groups excluding tert-OH is 2. The van der Waals surface area contributed by atoms with E-state index in [0.717, 1.165) is 57.8 Å². The Balaban J connectivity index is 2.63. The summed E-state index contributed by atoms with van der Waals surface area (Å²) in [5.41, 5.74) is 0. The van der Waals surface area contributed by atoms with Crippen LogP contribution in [0, 0.1) is 0 Å². The molecule has 1 saturated heterocycles. The fourth-order valence-corrected chi connectivity index (χ4v) is 10.3. The molecule has 0 aromatic rings. The summed E-state index contributed by atoms with van der Waals surface area (Å²) in [5, 5.41) is 31.5. The zero-order valence-electron chi connectivity index (χ0n) is 48.8. The van der Waals surface area contributed by atoms with E-state index in [1.165, 1.54) is 212 Å². The molecule has 0 aromatic carbocycles. The van der Waals surface area contributed by atoms with Crippen LogP contribution in [0.5, 0.6) is 0 Å². The summed E-state index contributed by atoms with van der Waals surface area (Å²) in [6, 6.07) is 0. The molecule has 0 amide bonds. The van der Waals surface area contributed by atoms with E-state index in [1.807, 2.05) is 0 Å². The lowest BCUT2D eigenvalue weighted by atomic mass is 9.98. The molecule has 0 saturated carbocycles. The summed E-state index contributed by atoms with van der Waals surface area (Å²) in [7, 11) is 0. The van der Waals surface area contributed by atoms with E-state index in [-0.39, 0.29) is 25.9 Å². The minimum Gasteiger partial charge on any atom is -0.479 e. The number of hydrogen-bond acceptors (Lipinski definition) is 11. The van der Waals surface area contributed by atoms with E-state index in [0.29, 0.717) is 19.3 Å². The number of rotatable bonds is 56. The van der Waals surface area contributed by atoms with E-state index in [9.17, 15) is 34.5 Å². The van der Waals surface area contributed by atoms with Gasteiger partial charge in [-0.1, -0.05) is 290 Å². The summed E-state index contributed by atoms with van der Waals surface area (Å²) in [6.45, 7) is 6.04. The maximum atomic E-state index is 13.2. The molecule has 442 valence electrons. The van der Waals surface area contributed by atoms with E-state index >= 15 is 0 Å². The van der Waals surface area contributed by atoms with Gasteiger partial charge >= 0.3 is 23.9 Å². The van der Waals surface area contributed by atoms with Gasteiger partial charge in [0, 0.05) is 19.3 Å². The standard InChI is InChI=1S/C63H118O12/c1-4-7-10-13-16-19-22-24-26-28-30-32-35-37-40-43-46-49-55(64)71-52-54(73-56(65)50-47-44-41-39-36-33-31-29-27-25-23-20-17-14-11-8-5-2)53-72-63-61(59(68)58(67)60(75-63)62(69)70)74-57(66)51-48-45-42-38-34-21-18-15-12-9-6-3/h54,58-61,63,67-68H,4-53H2,1-3H3,(H,69,70). The van der Waals surface area contributed by atoms with Crippen LogP contribution in [0.2, 0.25) is 0 Å². The minimum atomic E-state index is -1.89. The Morgan fingerprint density at radius 1 is 0.387 bits per heavy atom. The summed E-state index contributed by atoms with van der Waals surface area (Å²) in [5.74, 6) is -3.07. The molecular weight excluding hydrogens is 949 g/mol. The average Bonchev–Trinajstić information content (AvgIpc) is 3.39. The fourth-order valence-electron chi connectivity index (χ4n) is 10.3. The molecule has 6 unspecified atom stereocenters. The highest BCUT2D eigenvalue weighted by Gasteiger charge is 2.50. The predicted molar refractivity (Wildman–Crippen MR) is 304 cm³/mol. The van der Waals surface area contributed by atoms with E-state index < -0.39 is 67.3 Å². The Hall–Kier alpha value is -2.28. The summed E-state index contributed by atoms with van der Waals surface area (Å²) < 4.78 is 28.5. The molecule has 1 heterocycles. The molecule has 0 radical (unpaired) electrons. The van der Waals surface area contributed by atoms with Gasteiger partial charge in [0.15, 0.2) is 24.6 Å². The molecule has 0 spiro atoms. The molecule has 1 fully saturated rings. The highest BCUT2D eigenvalue weighted by molar-refractivity contribution is 5.74. The largest absolute Gasteiger partial charge is 0.479 e. The minimum absolute atomic E-state index is 0.0699. The van der Waals surface area contributed by atoms with Crippen LogP contribution in [-0.4, -0.2) is 89.2 Å². The summed E-state index contributed by atoms with van der Waals surface area (Å²) in [4.78, 5) is 51.2. The number of carbonyl (C=O) groups is 4. The van der Waals surface area contributed by atoms with Crippen LogP contribution in [0.1, 0.15) is 329 Å². The summed E-state index contributed by atoms with van der Waals surface area (Å²) in [6.07, 6.45) is 45.0. The van der Waals surface area contributed by atoms with Crippen LogP contribution in [0.4, 0.5) is 0 Å². The van der Waals surface area contributed by atoms with Crippen molar-refractivity contribution in [2.75, 3.05) is 13.2 Å². The second kappa shape index (κ2) is 52.4. The first-order chi connectivity index (χ1) is 36.6. The normalized spacial score (nSPS) is 18.0. The Morgan fingerprint density at radius 2 is 0.680 bits per heavy atom. The van der Waals surface area contributed by atoms with Gasteiger partial charge in [-0.3, -0.25) is 14.4 Å². The van der Waals surface area contributed by atoms with Crippen LogP contribution in [-0.2, 0) is 42.9 Å². The number of ether oxygens (including phenoxy) is 5. The summed E-state index contributed by atoms with van der Waals surface area (Å²) >= 11 is 0. The van der Waals surface area contributed by atoms with Crippen molar-refractivity contribution < 1.29 is 58.2 Å². The van der Waals surface area contributed by atoms with Crippen LogP contribution in [0.15, 0.2) is 0 Å². The number of carboxylic acids is 1. The van der Waals surface area contributed by atoms with Crippen molar-refractivity contribution in [1.82, 2.24) is 0 Å². The molecule has 1 aliphatic heterocycles. The number of carbonyl (C=O) groups excluding carboxylic acids is 3. The Morgan fingerprint density at radius 3 is 1.00 bits per heavy atom. The maximum Gasteiger partial charge on any atom is 0.335 e. The number of unbranched alkanes of at least 4 members (excludes halogenated alkanes) is 42. The van der Waals surface area contributed by atoms with Gasteiger partial charge in [0.1, 0.15) is 18.8 Å². The van der Waals surface area contributed by atoms with Crippen molar-refractivity contribution in [3.8, 4) is 0 Å². The van der Waals surface area contributed by atoms with Crippen molar-refractivity contribution >= 4 is 23.9 Å². The maximum absolute atomic E-state index is 13.2. The molecular formula is C63H118O12. The molecule has 12 nitrogen and oxygen atoms in total. The van der Waals surface area contributed by atoms with Crippen LogP contribution in [0.25, 0.3) is 0 Å². The highest BCUT2D eigenvalue weighted by atomic mass is 16.7. The van der Waals surface area contributed by atoms with Gasteiger partial charge in [0.05, 0.1) is 6.61 Å². The first-order valence-corrected chi connectivity index (χ1v) is 32.0. The number of esters is 3. The zero-order chi connectivity index (χ0) is 54.7. The first-order valence-electron chi connectivity index (χ1n) is 32.0. The molecule has 6 atom stereocenters. The number of carboxylic acid groups (broad SMARTS) is 1. The average molecular weight is 1070 g/mol. The molecule has 1 aliphatic rings. The molecule has 0 aromatic heterocycles. The van der Waals surface area contributed by atoms with E-state index in [4.69, 9.17) is 23.7 Å². The molecule has 12 heteroatoms. The molecule has 1 rings (SSSR count). The highest BCUT2D eigenvalue weighted by Crippen LogP contribution is 2.27. The molecule has 0 bridgehead atoms. The van der Waals surface area contributed by atoms with Crippen LogP contribution >= 0.6 is 0 Å².